The number of nitrogens with zero attached hydrogens (tertiary/aromatic N) is 3. The van der Waals surface area contributed by atoms with Crippen molar-refractivity contribution in [2.75, 3.05) is 13.2 Å². The maximum Gasteiger partial charge on any atom is 0.137 e. The van der Waals surface area contributed by atoms with Gasteiger partial charge in [0.15, 0.2) is 0 Å². The van der Waals surface area contributed by atoms with Crippen LogP contribution in [-0.4, -0.2) is 39.6 Å². The summed E-state index contributed by atoms with van der Waals surface area (Å²) in [4.78, 5) is 7.30. The lowest BCUT2D eigenvalue weighted by molar-refractivity contribution is -0.0914. The molecule has 3 heterocycles. The molecule has 1 saturated carbocycles. The van der Waals surface area contributed by atoms with Crippen molar-refractivity contribution >= 4 is 5.65 Å². The van der Waals surface area contributed by atoms with Crippen molar-refractivity contribution in [1.29, 1.82) is 0 Å². The zero-order chi connectivity index (χ0) is 13.4. The Labute approximate surface area is 119 Å². The standard InChI is InChI=1S/C16H21N3O/c1-2-6-15-14(5-1)18(9-10-20-15)11-13-12-19-8-4-3-7-16(19)17-13/h3-4,7-8,12,14-15H,1-2,5-6,9-11H2/t14-,15-/m0/s1. The maximum atomic E-state index is 5.94. The van der Waals surface area contributed by atoms with Crippen LogP contribution in [0.1, 0.15) is 31.4 Å². The number of hydrogen-bond acceptors (Lipinski definition) is 3. The highest BCUT2D eigenvalue weighted by Gasteiger charge is 2.34. The van der Waals surface area contributed by atoms with Gasteiger partial charge >= 0.3 is 0 Å². The number of morpholine rings is 1. The molecule has 1 saturated heterocycles. The van der Waals surface area contributed by atoms with E-state index >= 15 is 0 Å². The summed E-state index contributed by atoms with van der Waals surface area (Å²) in [5, 5.41) is 0. The van der Waals surface area contributed by atoms with Crippen molar-refractivity contribution in [2.24, 2.45) is 0 Å². The van der Waals surface area contributed by atoms with Gasteiger partial charge in [0.25, 0.3) is 0 Å². The molecule has 0 amide bonds. The van der Waals surface area contributed by atoms with E-state index in [2.05, 4.69) is 27.8 Å². The van der Waals surface area contributed by atoms with Crippen molar-refractivity contribution in [3.8, 4) is 0 Å². The van der Waals surface area contributed by atoms with E-state index in [0.717, 1.165) is 25.3 Å². The topological polar surface area (TPSA) is 29.8 Å². The summed E-state index contributed by atoms with van der Waals surface area (Å²) < 4.78 is 8.05. The number of hydrogen-bond donors (Lipinski definition) is 0. The third kappa shape index (κ3) is 2.23. The van der Waals surface area contributed by atoms with E-state index in [1.807, 2.05) is 12.1 Å². The van der Waals surface area contributed by atoms with Gasteiger partial charge in [0.1, 0.15) is 5.65 Å². The van der Waals surface area contributed by atoms with Crippen LogP contribution in [0.4, 0.5) is 0 Å². The van der Waals surface area contributed by atoms with Crippen LogP contribution in [0.3, 0.4) is 0 Å². The van der Waals surface area contributed by atoms with E-state index in [4.69, 9.17) is 9.72 Å². The van der Waals surface area contributed by atoms with Crippen molar-refractivity contribution in [1.82, 2.24) is 14.3 Å². The molecule has 0 aromatic carbocycles. The Bertz CT molecular complexity index is 559. The third-order valence-corrected chi connectivity index (χ3v) is 4.63. The fraction of sp³-hybridized carbons (Fsp3) is 0.562. The molecule has 1 aliphatic heterocycles. The molecule has 4 heteroatoms. The summed E-state index contributed by atoms with van der Waals surface area (Å²) in [6.45, 7) is 2.86. The molecule has 20 heavy (non-hydrogen) atoms. The molecule has 0 N–H and O–H groups in total. The maximum absolute atomic E-state index is 5.94. The average Bonchev–Trinajstić information content (AvgIpc) is 2.90. The second kappa shape index (κ2) is 5.19. The van der Waals surface area contributed by atoms with E-state index in [-0.39, 0.29) is 0 Å². The van der Waals surface area contributed by atoms with Crippen molar-refractivity contribution in [3.63, 3.8) is 0 Å². The second-order valence-corrected chi connectivity index (χ2v) is 5.93. The molecule has 2 atom stereocenters. The molecule has 2 fully saturated rings. The van der Waals surface area contributed by atoms with Gasteiger partial charge in [-0.05, 0) is 25.0 Å². The van der Waals surface area contributed by atoms with Crippen LogP contribution in [0.2, 0.25) is 0 Å². The Morgan fingerprint density at radius 2 is 2.20 bits per heavy atom. The van der Waals surface area contributed by atoms with Crippen molar-refractivity contribution < 1.29 is 4.74 Å². The summed E-state index contributed by atoms with van der Waals surface area (Å²) >= 11 is 0. The van der Waals surface area contributed by atoms with Gasteiger partial charge in [0, 0.05) is 31.5 Å². The Balaban J connectivity index is 1.54. The number of imidazole rings is 1. The highest BCUT2D eigenvalue weighted by molar-refractivity contribution is 5.39. The first-order valence-corrected chi connectivity index (χ1v) is 7.68. The summed E-state index contributed by atoms with van der Waals surface area (Å²) in [7, 11) is 0. The van der Waals surface area contributed by atoms with Crippen LogP contribution >= 0.6 is 0 Å². The van der Waals surface area contributed by atoms with E-state index in [0.29, 0.717) is 12.1 Å². The lowest BCUT2D eigenvalue weighted by Gasteiger charge is -2.43. The third-order valence-electron chi connectivity index (χ3n) is 4.63. The Hall–Kier alpha value is -1.39. The van der Waals surface area contributed by atoms with Crippen LogP contribution in [0, 0.1) is 0 Å². The van der Waals surface area contributed by atoms with E-state index < -0.39 is 0 Å². The van der Waals surface area contributed by atoms with Crippen LogP contribution in [0.25, 0.3) is 5.65 Å². The second-order valence-electron chi connectivity index (χ2n) is 5.93. The lowest BCUT2D eigenvalue weighted by atomic mass is 9.90. The largest absolute Gasteiger partial charge is 0.375 e. The predicted molar refractivity (Wildman–Crippen MR) is 77.6 cm³/mol. The van der Waals surface area contributed by atoms with Gasteiger partial charge in [0.05, 0.1) is 18.4 Å². The summed E-state index contributed by atoms with van der Waals surface area (Å²) in [6, 6.07) is 6.75. The zero-order valence-corrected chi connectivity index (χ0v) is 11.7. The van der Waals surface area contributed by atoms with E-state index in [9.17, 15) is 0 Å². The van der Waals surface area contributed by atoms with E-state index in [1.54, 1.807) is 0 Å². The zero-order valence-electron chi connectivity index (χ0n) is 11.7. The van der Waals surface area contributed by atoms with Gasteiger partial charge < -0.3 is 9.14 Å². The summed E-state index contributed by atoms with van der Waals surface area (Å²) in [5.74, 6) is 0. The number of ether oxygens (including phenoxy) is 1. The van der Waals surface area contributed by atoms with Gasteiger partial charge in [-0.15, -0.1) is 0 Å². The Morgan fingerprint density at radius 1 is 1.25 bits per heavy atom. The average molecular weight is 271 g/mol. The molecule has 4 nitrogen and oxygen atoms in total. The van der Waals surface area contributed by atoms with Crippen LogP contribution in [0.15, 0.2) is 30.6 Å². The van der Waals surface area contributed by atoms with Gasteiger partial charge in [-0.3, -0.25) is 4.90 Å². The molecule has 2 aliphatic rings. The quantitative estimate of drug-likeness (QED) is 0.840. The molecule has 2 aromatic heterocycles. The Kier molecular flexibility index (Phi) is 3.20. The number of fused-ring (bicyclic) bond motifs is 2. The fourth-order valence-corrected chi connectivity index (χ4v) is 3.64. The van der Waals surface area contributed by atoms with Crippen LogP contribution in [0.5, 0.6) is 0 Å². The van der Waals surface area contributed by atoms with Crippen LogP contribution in [-0.2, 0) is 11.3 Å². The van der Waals surface area contributed by atoms with Crippen molar-refractivity contribution in [3.05, 3.63) is 36.3 Å². The van der Waals surface area contributed by atoms with Gasteiger partial charge in [-0.2, -0.15) is 0 Å². The molecule has 4 rings (SSSR count). The number of aromatic nitrogens is 2. The van der Waals surface area contributed by atoms with Crippen LogP contribution < -0.4 is 0 Å². The normalized spacial score (nSPS) is 27.6. The summed E-state index contributed by atoms with van der Waals surface area (Å²) in [6.07, 6.45) is 9.84. The first kappa shape index (κ1) is 12.4. The molecule has 0 spiro atoms. The molecule has 0 bridgehead atoms. The molecule has 2 aromatic rings. The van der Waals surface area contributed by atoms with Gasteiger partial charge in [-0.1, -0.05) is 18.9 Å². The summed E-state index contributed by atoms with van der Waals surface area (Å²) in [5.41, 5.74) is 2.21. The minimum Gasteiger partial charge on any atom is -0.375 e. The minimum absolute atomic E-state index is 0.453. The molecule has 1 aliphatic carbocycles. The fourth-order valence-electron chi connectivity index (χ4n) is 3.64. The molecule has 106 valence electrons. The molecular formula is C16H21N3O. The highest BCUT2D eigenvalue weighted by Crippen LogP contribution is 2.29. The highest BCUT2D eigenvalue weighted by atomic mass is 16.5. The number of pyridine rings is 1. The predicted octanol–water partition coefficient (Wildman–Crippen LogP) is 2.48. The molecular weight excluding hydrogens is 250 g/mol. The Morgan fingerprint density at radius 3 is 3.15 bits per heavy atom. The monoisotopic (exact) mass is 271 g/mol. The molecule has 0 radical (unpaired) electrons. The molecule has 0 unspecified atom stereocenters. The van der Waals surface area contributed by atoms with Gasteiger partial charge in [0.2, 0.25) is 0 Å². The van der Waals surface area contributed by atoms with Gasteiger partial charge in [-0.25, -0.2) is 4.98 Å². The first-order valence-electron chi connectivity index (χ1n) is 7.68. The number of rotatable bonds is 2. The smallest absolute Gasteiger partial charge is 0.137 e. The van der Waals surface area contributed by atoms with Crippen molar-refractivity contribution in [2.45, 2.75) is 44.4 Å². The minimum atomic E-state index is 0.453. The lowest BCUT2D eigenvalue weighted by Crippen LogP contribution is -2.52. The first-order chi connectivity index (χ1) is 9.90. The van der Waals surface area contributed by atoms with E-state index in [1.165, 1.54) is 31.4 Å². The SMILES string of the molecule is c1ccn2cc(CN3CCO[C@H]4CCCC[C@@H]43)nc2c1.